The van der Waals surface area contributed by atoms with Gasteiger partial charge in [-0.25, -0.2) is 0 Å². The minimum Gasteiger partial charge on any atom is -0.348 e. The SMILES string of the molecule is CC(NC(=O)C1CS(=O)CN1C(=O)c1ccccc1)c1ccccc1. The number of carbonyl (C=O) groups excluding carboxylic acids is 2. The first kappa shape index (κ1) is 17.4. The Morgan fingerprint density at radius 3 is 2.32 bits per heavy atom. The highest BCUT2D eigenvalue weighted by Crippen LogP contribution is 2.19. The highest BCUT2D eigenvalue weighted by molar-refractivity contribution is 7.85. The van der Waals surface area contributed by atoms with Gasteiger partial charge < -0.3 is 10.2 Å². The van der Waals surface area contributed by atoms with E-state index < -0.39 is 16.8 Å². The first-order valence-corrected chi connectivity index (χ1v) is 9.61. The third-order valence-corrected chi connectivity index (χ3v) is 5.50. The predicted molar refractivity (Wildman–Crippen MR) is 97.3 cm³/mol. The van der Waals surface area contributed by atoms with Gasteiger partial charge in [-0.1, -0.05) is 48.5 Å². The van der Waals surface area contributed by atoms with E-state index in [0.717, 1.165) is 5.56 Å². The Morgan fingerprint density at radius 2 is 1.68 bits per heavy atom. The molecule has 5 nitrogen and oxygen atoms in total. The van der Waals surface area contributed by atoms with Crippen molar-refractivity contribution in [1.82, 2.24) is 10.2 Å². The molecular weight excluding hydrogens is 336 g/mol. The van der Waals surface area contributed by atoms with Crippen molar-refractivity contribution in [3.63, 3.8) is 0 Å². The van der Waals surface area contributed by atoms with Crippen molar-refractivity contribution in [2.45, 2.75) is 19.0 Å². The van der Waals surface area contributed by atoms with Crippen molar-refractivity contribution >= 4 is 22.6 Å². The molecule has 1 fully saturated rings. The number of hydrogen-bond donors (Lipinski definition) is 1. The summed E-state index contributed by atoms with van der Waals surface area (Å²) in [4.78, 5) is 26.8. The monoisotopic (exact) mass is 356 g/mol. The fourth-order valence-electron chi connectivity index (χ4n) is 2.86. The van der Waals surface area contributed by atoms with Gasteiger partial charge in [-0.05, 0) is 24.6 Å². The first-order chi connectivity index (χ1) is 12.1. The van der Waals surface area contributed by atoms with Crippen LogP contribution in [-0.2, 0) is 15.6 Å². The van der Waals surface area contributed by atoms with Crippen LogP contribution in [-0.4, -0.2) is 38.6 Å². The molecule has 3 rings (SSSR count). The van der Waals surface area contributed by atoms with Crippen LogP contribution in [0, 0.1) is 0 Å². The number of nitrogens with zero attached hydrogens (tertiary/aromatic N) is 1. The molecule has 1 aliphatic rings. The summed E-state index contributed by atoms with van der Waals surface area (Å²) >= 11 is 0. The van der Waals surface area contributed by atoms with Gasteiger partial charge in [-0.3, -0.25) is 13.8 Å². The normalized spacial score (nSPS) is 20.9. The summed E-state index contributed by atoms with van der Waals surface area (Å²) in [6.07, 6.45) is 0. The van der Waals surface area contributed by atoms with Gasteiger partial charge in [0.25, 0.3) is 5.91 Å². The smallest absolute Gasteiger partial charge is 0.255 e. The Morgan fingerprint density at radius 1 is 1.08 bits per heavy atom. The highest BCUT2D eigenvalue weighted by Gasteiger charge is 2.38. The average Bonchev–Trinajstić information content (AvgIpc) is 3.04. The minimum atomic E-state index is -1.21. The number of carbonyl (C=O) groups is 2. The maximum atomic E-state index is 12.7. The molecule has 0 bridgehead atoms. The molecule has 0 radical (unpaired) electrons. The molecule has 2 amide bonds. The molecule has 3 atom stereocenters. The van der Waals surface area contributed by atoms with Crippen molar-refractivity contribution < 1.29 is 13.8 Å². The molecule has 0 saturated carbocycles. The largest absolute Gasteiger partial charge is 0.348 e. The quantitative estimate of drug-likeness (QED) is 0.912. The van der Waals surface area contributed by atoms with Crippen LogP contribution in [0.2, 0.25) is 0 Å². The summed E-state index contributed by atoms with van der Waals surface area (Å²) in [6, 6.07) is 17.5. The zero-order valence-corrected chi connectivity index (χ0v) is 14.7. The predicted octanol–water partition coefficient (Wildman–Crippen LogP) is 2.09. The van der Waals surface area contributed by atoms with E-state index in [0.29, 0.717) is 5.56 Å². The highest BCUT2D eigenvalue weighted by atomic mass is 32.2. The van der Waals surface area contributed by atoms with E-state index in [2.05, 4.69) is 5.32 Å². The Bertz CT molecular complexity index is 780. The Kier molecular flexibility index (Phi) is 5.28. The second-order valence-corrected chi connectivity index (χ2v) is 7.50. The molecule has 6 heteroatoms. The van der Waals surface area contributed by atoms with Gasteiger partial charge >= 0.3 is 0 Å². The molecule has 130 valence electrons. The van der Waals surface area contributed by atoms with E-state index in [1.807, 2.05) is 43.3 Å². The molecule has 1 N–H and O–H groups in total. The van der Waals surface area contributed by atoms with Gasteiger partial charge in [0.1, 0.15) is 6.04 Å². The minimum absolute atomic E-state index is 0.0888. The Balaban J connectivity index is 1.74. The summed E-state index contributed by atoms with van der Waals surface area (Å²) < 4.78 is 12.0. The maximum absolute atomic E-state index is 12.7. The number of benzene rings is 2. The van der Waals surface area contributed by atoms with Gasteiger partial charge in [-0.2, -0.15) is 0 Å². The van der Waals surface area contributed by atoms with Crippen molar-refractivity contribution in [2.24, 2.45) is 0 Å². The zero-order valence-electron chi connectivity index (χ0n) is 13.9. The summed E-state index contributed by atoms with van der Waals surface area (Å²) in [5.41, 5.74) is 1.48. The summed E-state index contributed by atoms with van der Waals surface area (Å²) in [7, 11) is -1.21. The van der Waals surface area contributed by atoms with E-state index >= 15 is 0 Å². The van der Waals surface area contributed by atoms with Crippen molar-refractivity contribution in [3.05, 3.63) is 71.8 Å². The molecule has 25 heavy (non-hydrogen) atoms. The Hall–Kier alpha value is -2.47. The molecule has 0 spiro atoms. The lowest BCUT2D eigenvalue weighted by Gasteiger charge is -2.24. The van der Waals surface area contributed by atoms with E-state index in [1.165, 1.54) is 4.90 Å². The lowest BCUT2D eigenvalue weighted by atomic mass is 10.1. The van der Waals surface area contributed by atoms with Crippen LogP contribution in [0.15, 0.2) is 60.7 Å². The average molecular weight is 356 g/mol. The Labute approximate surface area is 149 Å². The summed E-state index contributed by atoms with van der Waals surface area (Å²) in [5, 5.41) is 2.93. The number of amides is 2. The molecule has 1 saturated heterocycles. The fourth-order valence-corrected chi connectivity index (χ4v) is 4.26. The van der Waals surface area contributed by atoms with Gasteiger partial charge in [0.05, 0.1) is 17.7 Å². The molecule has 2 aromatic carbocycles. The fraction of sp³-hybridized carbons (Fsp3) is 0.263. The summed E-state index contributed by atoms with van der Waals surface area (Å²) in [5.74, 6) is -0.275. The number of rotatable bonds is 4. The van der Waals surface area contributed by atoms with Gasteiger partial charge in [0.15, 0.2) is 0 Å². The molecular formula is C19H20N2O3S. The van der Waals surface area contributed by atoms with E-state index in [1.54, 1.807) is 24.3 Å². The summed E-state index contributed by atoms with van der Waals surface area (Å²) in [6.45, 7) is 1.89. The van der Waals surface area contributed by atoms with E-state index in [-0.39, 0.29) is 29.5 Å². The van der Waals surface area contributed by atoms with Crippen LogP contribution < -0.4 is 5.32 Å². The van der Waals surface area contributed by atoms with Gasteiger partial charge in [-0.15, -0.1) is 0 Å². The van der Waals surface area contributed by atoms with Crippen molar-refractivity contribution in [3.8, 4) is 0 Å². The molecule has 2 aromatic rings. The van der Waals surface area contributed by atoms with Gasteiger partial charge in [0.2, 0.25) is 5.91 Å². The molecule has 0 aliphatic carbocycles. The standard InChI is InChI=1S/C19H20N2O3S/c1-14(15-8-4-2-5-9-15)20-18(22)17-12-25(24)13-21(17)19(23)16-10-6-3-7-11-16/h2-11,14,17H,12-13H2,1H3,(H,20,22). The van der Waals surface area contributed by atoms with E-state index in [9.17, 15) is 13.8 Å². The second-order valence-electron chi connectivity index (χ2n) is 6.03. The zero-order chi connectivity index (χ0) is 17.8. The number of hydrogen-bond acceptors (Lipinski definition) is 3. The van der Waals surface area contributed by atoms with Crippen molar-refractivity contribution in [1.29, 1.82) is 0 Å². The molecule has 1 aliphatic heterocycles. The third-order valence-electron chi connectivity index (χ3n) is 4.25. The lowest BCUT2D eigenvalue weighted by molar-refractivity contribution is -0.125. The lowest BCUT2D eigenvalue weighted by Crippen LogP contribution is -2.47. The van der Waals surface area contributed by atoms with Crippen LogP contribution >= 0.6 is 0 Å². The van der Waals surface area contributed by atoms with E-state index in [4.69, 9.17) is 0 Å². The van der Waals surface area contributed by atoms with Crippen LogP contribution in [0.4, 0.5) is 0 Å². The van der Waals surface area contributed by atoms with Crippen LogP contribution in [0.25, 0.3) is 0 Å². The van der Waals surface area contributed by atoms with Gasteiger partial charge in [0, 0.05) is 16.4 Å². The first-order valence-electron chi connectivity index (χ1n) is 8.12. The van der Waals surface area contributed by atoms with Crippen molar-refractivity contribution in [2.75, 3.05) is 11.6 Å². The number of nitrogens with one attached hydrogen (secondary N) is 1. The topological polar surface area (TPSA) is 66.5 Å². The van der Waals surface area contributed by atoms with Crippen LogP contribution in [0.3, 0.4) is 0 Å². The second kappa shape index (κ2) is 7.61. The maximum Gasteiger partial charge on any atom is 0.255 e. The molecule has 0 aromatic heterocycles. The third kappa shape index (κ3) is 3.96. The molecule has 3 unspecified atom stereocenters. The van der Waals surface area contributed by atoms with Crippen LogP contribution in [0.1, 0.15) is 28.9 Å². The molecule has 1 heterocycles. The van der Waals surface area contributed by atoms with Crippen LogP contribution in [0.5, 0.6) is 0 Å².